The molecule has 0 bridgehead atoms. The first-order valence-electron chi connectivity index (χ1n) is 9.80. The molecule has 0 aliphatic carbocycles. The fourth-order valence-corrected chi connectivity index (χ4v) is 3.53. The van der Waals surface area contributed by atoms with E-state index in [1.165, 1.54) is 0 Å². The van der Waals surface area contributed by atoms with E-state index in [4.69, 9.17) is 0 Å². The van der Waals surface area contributed by atoms with Crippen LogP contribution >= 0.6 is 11.3 Å². The predicted octanol–water partition coefficient (Wildman–Crippen LogP) is 2.96. The Balaban J connectivity index is 1.54. The monoisotopic (exact) mass is 409 g/mol. The van der Waals surface area contributed by atoms with Gasteiger partial charge in [0, 0.05) is 37.2 Å². The Morgan fingerprint density at radius 3 is 2.62 bits per heavy atom. The third-order valence-corrected chi connectivity index (χ3v) is 5.20. The van der Waals surface area contributed by atoms with Gasteiger partial charge in [-0.25, -0.2) is 9.98 Å². The number of hydrogen-bond donors (Lipinski definition) is 2. The van der Waals surface area contributed by atoms with E-state index in [1.807, 2.05) is 19.2 Å². The minimum absolute atomic E-state index is 0.00958. The quantitative estimate of drug-likeness (QED) is 0.443. The van der Waals surface area contributed by atoms with E-state index in [-0.39, 0.29) is 5.56 Å². The number of aryl methyl sites for hydroxylation is 1. The fourth-order valence-electron chi connectivity index (χ4n) is 2.88. The number of nitrogens with zero attached hydrogens (tertiary/aromatic N) is 3. The SMILES string of the molecule is CCNC(=NCc1ccc(Cn2ccccc2=O)cc1)NCCc1csc(C)n1. The normalized spacial score (nSPS) is 11.4. The van der Waals surface area contributed by atoms with Crippen LogP contribution in [0.1, 0.15) is 28.8 Å². The van der Waals surface area contributed by atoms with E-state index in [1.54, 1.807) is 28.0 Å². The Morgan fingerprint density at radius 2 is 1.93 bits per heavy atom. The molecule has 29 heavy (non-hydrogen) atoms. The van der Waals surface area contributed by atoms with Crippen molar-refractivity contribution < 1.29 is 0 Å². The molecule has 2 N–H and O–H groups in total. The number of benzene rings is 1. The second-order valence-corrected chi connectivity index (χ2v) is 7.78. The van der Waals surface area contributed by atoms with Gasteiger partial charge in [-0.2, -0.15) is 0 Å². The van der Waals surface area contributed by atoms with Gasteiger partial charge in [0.1, 0.15) is 0 Å². The standard InChI is InChI=1S/C22H27N5OS/c1-3-23-22(24-12-11-20-16-29-17(2)26-20)25-14-18-7-9-19(10-8-18)15-27-13-5-4-6-21(27)28/h4-10,13,16H,3,11-12,14-15H2,1-2H3,(H2,23,24,25). The van der Waals surface area contributed by atoms with Crippen molar-refractivity contribution in [2.24, 2.45) is 4.99 Å². The van der Waals surface area contributed by atoms with E-state index in [0.717, 1.165) is 47.3 Å². The van der Waals surface area contributed by atoms with Crippen LogP contribution in [-0.2, 0) is 19.5 Å². The maximum absolute atomic E-state index is 11.8. The lowest BCUT2D eigenvalue weighted by molar-refractivity contribution is 0.758. The summed E-state index contributed by atoms with van der Waals surface area (Å²) >= 11 is 1.68. The number of aliphatic imine (C=N–C) groups is 1. The number of rotatable bonds is 8. The first-order chi connectivity index (χ1) is 14.1. The number of pyridine rings is 1. The maximum Gasteiger partial charge on any atom is 0.250 e. The van der Waals surface area contributed by atoms with Gasteiger partial charge in [0.15, 0.2) is 5.96 Å². The number of nitrogens with one attached hydrogen (secondary N) is 2. The van der Waals surface area contributed by atoms with Gasteiger partial charge in [-0.3, -0.25) is 4.79 Å². The molecule has 0 aliphatic heterocycles. The number of aromatic nitrogens is 2. The van der Waals surface area contributed by atoms with Crippen molar-refractivity contribution in [1.29, 1.82) is 0 Å². The average molecular weight is 410 g/mol. The highest BCUT2D eigenvalue weighted by Crippen LogP contribution is 2.08. The van der Waals surface area contributed by atoms with Crippen molar-refractivity contribution >= 4 is 17.3 Å². The van der Waals surface area contributed by atoms with Gasteiger partial charge in [0.2, 0.25) is 0 Å². The second kappa shape index (κ2) is 10.6. The third kappa shape index (κ3) is 6.57. The Hall–Kier alpha value is -2.93. The Morgan fingerprint density at radius 1 is 1.14 bits per heavy atom. The van der Waals surface area contributed by atoms with E-state index >= 15 is 0 Å². The van der Waals surface area contributed by atoms with Crippen LogP contribution in [0.4, 0.5) is 0 Å². The van der Waals surface area contributed by atoms with Crippen LogP contribution in [0.3, 0.4) is 0 Å². The van der Waals surface area contributed by atoms with Gasteiger partial charge in [0.25, 0.3) is 5.56 Å². The van der Waals surface area contributed by atoms with Gasteiger partial charge in [0.05, 0.1) is 23.8 Å². The van der Waals surface area contributed by atoms with Crippen molar-refractivity contribution in [3.05, 3.63) is 86.2 Å². The molecular weight excluding hydrogens is 382 g/mol. The molecule has 6 nitrogen and oxygen atoms in total. The highest BCUT2D eigenvalue weighted by molar-refractivity contribution is 7.09. The van der Waals surface area contributed by atoms with Crippen LogP contribution in [0.2, 0.25) is 0 Å². The van der Waals surface area contributed by atoms with Crippen LogP contribution in [0.5, 0.6) is 0 Å². The van der Waals surface area contributed by atoms with Gasteiger partial charge in [-0.15, -0.1) is 11.3 Å². The van der Waals surface area contributed by atoms with E-state index in [9.17, 15) is 4.79 Å². The van der Waals surface area contributed by atoms with Gasteiger partial charge in [-0.05, 0) is 31.0 Å². The molecule has 0 saturated heterocycles. The first kappa shape index (κ1) is 20.8. The zero-order valence-corrected chi connectivity index (χ0v) is 17.7. The summed E-state index contributed by atoms with van der Waals surface area (Å²) < 4.78 is 1.70. The van der Waals surface area contributed by atoms with Crippen molar-refractivity contribution in [3.63, 3.8) is 0 Å². The average Bonchev–Trinajstić information content (AvgIpc) is 3.14. The molecule has 7 heteroatoms. The van der Waals surface area contributed by atoms with E-state index < -0.39 is 0 Å². The molecule has 2 aromatic heterocycles. The predicted molar refractivity (Wildman–Crippen MR) is 120 cm³/mol. The molecule has 2 heterocycles. The highest BCUT2D eigenvalue weighted by atomic mass is 32.1. The lowest BCUT2D eigenvalue weighted by Crippen LogP contribution is -2.38. The lowest BCUT2D eigenvalue weighted by atomic mass is 10.1. The molecule has 1 aromatic carbocycles. The molecule has 0 radical (unpaired) electrons. The summed E-state index contributed by atoms with van der Waals surface area (Å²) in [6, 6.07) is 13.4. The van der Waals surface area contributed by atoms with Crippen molar-refractivity contribution in [2.75, 3.05) is 13.1 Å². The fraction of sp³-hybridized carbons (Fsp3) is 0.318. The molecule has 3 aromatic rings. The number of hydrogen-bond acceptors (Lipinski definition) is 4. The molecule has 0 spiro atoms. The van der Waals surface area contributed by atoms with E-state index in [2.05, 4.69) is 57.2 Å². The summed E-state index contributed by atoms with van der Waals surface area (Å²) in [5.74, 6) is 0.805. The lowest BCUT2D eigenvalue weighted by Gasteiger charge is -2.11. The summed E-state index contributed by atoms with van der Waals surface area (Å²) in [7, 11) is 0. The smallest absolute Gasteiger partial charge is 0.250 e. The zero-order chi connectivity index (χ0) is 20.5. The molecule has 0 atom stereocenters. The molecule has 0 amide bonds. The summed E-state index contributed by atoms with van der Waals surface area (Å²) in [6.45, 7) is 6.85. The minimum Gasteiger partial charge on any atom is -0.357 e. The molecular formula is C22H27N5OS. The summed E-state index contributed by atoms with van der Waals surface area (Å²) in [5.41, 5.74) is 3.34. The van der Waals surface area contributed by atoms with Crippen molar-refractivity contribution in [3.8, 4) is 0 Å². The second-order valence-electron chi connectivity index (χ2n) is 6.71. The third-order valence-electron chi connectivity index (χ3n) is 4.38. The van der Waals surface area contributed by atoms with Crippen LogP contribution < -0.4 is 16.2 Å². The van der Waals surface area contributed by atoms with Crippen molar-refractivity contribution in [2.45, 2.75) is 33.4 Å². The van der Waals surface area contributed by atoms with Crippen LogP contribution in [-0.4, -0.2) is 28.6 Å². The molecule has 0 saturated carbocycles. The van der Waals surface area contributed by atoms with Gasteiger partial charge >= 0.3 is 0 Å². The minimum atomic E-state index is 0.00958. The summed E-state index contributed by atoms with van der Waals surface area (Å²) in [5, 5.41) is 9.84. The topological polar surface area (TPSA) is 71.3 Å². The van der Waals surface area contributed by atoms with Gasteiger partial charge < -0.3 is 15.2 Å². The molecule has 0 aliphatic rings. The Kier molecular flexibility index (Phi) is 7.58. The molecule has 0 fully saturated rings. The Bertz CT molecular complexity index is 991. The molecule has 3 rings (SSSR count). The van der Waals surface area contributed by atoms with Crippen molar-refractivity contribution in [1.82, 2.24) is 20.2 Å². The van der Waals surface area contributed by atoms with Gasteiger partial charge in [-0.1, -0.05) is 30.3 Å². The summed E-state index contributed by atoms with van der Waals surface area (Å²) in [6.07, 6.45) is 2.68. The van der Waals surface area contributed by atoms with Crippen LogP contribution in [0.15, 0.2) is 63.8 Å². The number of thiazole rings is 1. The molecule has 152 valence electrons. The largest absolute Gasteiger partial charge is 0.357 e. The Labute approximate surface area is 175 Å². The van der Waals surface area contributed by atoms with Crippen LogP contribution in [0, 0.1) is 6.92 Å². The zero-order valence-electron chi connectivity index (χ0n) is 16.9. The maximum atomic E-state index is 11.8. The first-order valence-corrected chi connectivity index (χ1v) is 10.7. The summed E-state index contributed by atoms with van der Waals surface area (Å²) in [4.78, 5) is 21.0. The number of guanidine groups is 1. The molecule has 0 unspecified atom stereocenters. The van der Waals surface area contributed by atoms with E-state index in [0.29, 0.717) is 13.1 Å². The highest BCUT2D eigenvalue weighted by Gasteiger charge is 2.02. The van der Waals surface area contributed by atoms with Crippen LogP contribution in [0.25, 0.3) is 0 Å².